The van der Waals surface area contributed by atoms with E-state index in [2.05, 4.69) is 38.2 Å². The highest BCUT2D eigenvalue weighted by Gasteiger charge is 2.05. The number of carbonyl (C=O) groups excluding carboxylic acids is 2. The Morgan fingerprint density at radius 3 is 2.50 bits per heavy atom. The zero-order valence-electron chi connectivity index (χ0n) is 9.73. The fourth-order valence-corrected chi connectivity index (χ4v) is 1.36. The Morgan fingerprint density at radius 1 is 1.22 bits per heavy atom. The van der Waals surface area contributed by atoms with Gasteiger partial charge in [-0.25, -0.2) is 10.2 Å². The highest BCUT2D eigenvalue weighted by Crippen LogP contribution is 2.12. The third kappa shape index (κ3) is 5.71. The maximum atomic E-state index is 11.3. The summed E-state index contributed by atoms with van der Waals surface area (Å²) in [6, 6.07) is 7.25. The van der Waals surface area contributed by atoms with E-state index in [1.165, 1.54) is 0 Å². The van der Waals surface area contributed by atoms with Crippen LogP contribution < -0.4 is 15.6 Å². The molecule has 0 aliphatic carbocycles. The summed E-state index contributed by atoms with van der Waals surface area (Å²) in [6.07, 6.45) is -0.708. The maximum absolute atomic E-state index is 11.3. The molecule has 0 radical (unpaired) electrons. The summed E-state index contributed by atoms with van der Waals surface area (Å²) >= 11 is 2.17. The van der Waals surface area contributed by atoms with Gasteiger partial charge >= 0.3 is 6.09 Å². The fourth-order valence-electron chi connectivity index (χ4n) is 1.00. The van der Waals surface area contributed by atoms with Gasteiger partial charge in [-0.15, -0.1) is 0 Å². The van der Waals surface area contributed by atoms with Crippen molar-refractivity contribution in [1.82, 2.24) is 10.9 Å². The quantitative estimate of drug-likeness (QED) is 0.626. The van der Waals surface area contributed by atoms with E-state index in [4.69, 9.17) is 4.74 Å². The predicted molar refractivity (Wildman–Crippen MR) is 73.0 cm³/mol. The lowest BCUT2D eigenvalue weighted by molar-refractivity contribution is -0.123. The van der Waals surface area contributed by atoms with Crippen LogP contribution in [-0.2, 0) is 9.53 Å². The van der Waals surface area contributed by atoms with E-state index in [-0.39, 0.29) is 13.2 Å². The largest absolute Gasteiger partial charge is 0.484 e. The number of rotatable bonds is 4. The SMILES string of the molecule is CCOC(=O)NNC(=O)COc1ccc(I)cc1. The van der Waals surface area contributed by atoms with Crippen LogP contribution in [-0.4, -0.2) is 25.2 Å². The molecule has 0 bridgehead atoms. The molecule has 7 heteroatoms. The first-order valence-corrected chi connectivity index (χ1v) is 6.29. The fraction of sp³-hybridized carbons (Fsp3) is 0.273. The van der Waals surface area contributed by atoms with Gasteiger partial charge in [0.15, 0.2) is 6.61 Å². The molecule has 0 spiro atoms. The molecular formula is C11H13IN2O4. The van der Waals surface area contributed by atoms with Crippen LogP contribution in [0.15, 0.2) is 24.3 Å². The van der Waals surface area contributed by atoms with Crippen LogP contribution in [0.25, 0.3) is 0 Å². The number of amides is 2. The second kappa shape index (κ2) is 7.75. The van der Waals surface area contributed by atoms with Gasteiger partial charge in [0.05, 0.1) is 6.61 Å². The zero-order chi connectivity index (χ0) is 13.4. The Bertz CT molecular complexity index is 408. The molecule has 0 saturated carbocycles. The smallest absolute Gasteiger partial charge is 0.426 e. The number of halogens is 1. The first-order chi connectivity index (χ1) is 8.61. The minimum Gasteiger partial charge on any atom is -0.484 e. The number of hydrogen-bond acceptors (Lipinski definition) is 4. The number of carbonyl (C=O) groups is 2. The normalized spacial score (nSPS) is 9.44. The lowest BCUT2D eigenvalue weighted by Crippen LogP contribution is -2.44. The van der Waals surface area contributed by atoms with Gasteiger partial charge in [0.1, 0.15) is 5.75 Å². The Hall–Kier alpha value is -1.51. The molecule has 2 N–H and O–H groups in total. The van der Waals surface area contributed by atoms with Crippen LogP contribution in [0.5, 0.6) is 5.75 Å². The van der Waals surface area contributed by atoms with E-state index in [0.29, 0.717) is 5.75 Å². The maximum Gasteiger partial charge on any atom is 0.426 e. The van der Waals surface area contributed by atoms with Crippen LogP contribution >= 0.6 is 22.6 Å². The average molecular weight is 364 g/mol. The van der Waals surface area contributed by atoms with Crippen LogP contribution in [0.2, 0.25) is 0 Å². The van der Waals surface area contributed by atoms with Crippen LogP contribution in [0.3, 0.4) is 0 Å². The summed E-state index contributed by atoms with van der Waals surface area (Å²) in [5.41, 5.74) is 4.25. The Labute approximate surface area is 118 Å². The molecule has 1 aromatic carbocycles. The summed E-state index contributed by atoms with van der Waals surface area (Å²) in [7, 11) is 0. The molecule has 2 amide bonds. The molecule has 6 nitrogen and oxygen atoms in total. The molecule has 0 fully saturated rings. The minimum atomic E-state index is -0.708. The summed E-state index contributed by atoms with van der Waals surface area (Å²) in [5, 5.41) is 0. The van der Waals surface area contributed by atoms with Gasteiger partial charge in [-0.3, -0.25) is 10.2 Å². The van der Waals surface area contributed by atoms with Crippen molar-refractivity contribution in [2.45, 2.75) is 6.92 Å². The second-order valence-corrected chi connectivity index (χ2v) is 4.38. The van der Waals surface area contributed by atoms with Crippen LogP contribution in [0, 0.1) is 3.57 Å². The number of hydrogen-bond donors (Lipinski definition) is 2. The van der Waals surface area contributed by atoms with Gasteiger partial charge in [-0.05, 0) is 53.8 Å². The van der Waals surface area contributed by atoms with Crippen molar-refractivity contribution >= 4 is 34.6 Å². The van der Waals surface area contributed by atoms with Crippen molar-refractivity contribution in [3.05, 3.63) is 27.8 Å². The summed E-state index contributed by atoms with van der Waals surface area (Å²) in [4.78, 5) is 22.2. The molecule has 0 aliphatic heterocycles. The van der Waals surface area contributed by atoms with Gasteiger partial charge < -0.3 is 9.47 Å². The first-order valence-electron chi connectivity index (χ1n) is 5.21. The van der Waals surface area contributed by atoms with Crippen molar-refractivity contribution < 1.29 is 19.1 Å². The monoisotopic (exact) mass is 364 g/mol. The first kappa shape index (κ1) is 14.6. The average Bonchev–Trinajstić information content (AvgIpc) is 2.36. The van der Waals surface area contributed by atoms with E-state index in [1.54, 1.807) is 19.1 Å². The number of nitrogens with one attached hydrogen (secondary N) is 2. The summed E-state index contributed by atoms with van der Waals surface area (Å²) in [6.45, 7) is 1.72. The summed E-state index contributed by atoms with van der Waals surface area (Å²) < 4.78 is 10.8. The minimum absolute atomic E-state index is 0.188. The third-order valence-corrected chi connectivity index (χ3v) is 2.48. The molecule has 0 aliphatic rings. The van der Waals surface area contributed by atoms with Gasteiger partial charge in [0.2, 0.25) is 0 Å². The standard InChI is InChI=1S/C11H13IN2O4/c1-2-17-11(16)14-13-10(15)7-18-9-5-3-8(12)4-6-9/h3-6H,2,7H2,1H3,(H,13,15)(H,14,16). The lowest BCUT2D eigenvalue weighted by atomic mass is 10.3. The van der Waals surface area contributed by atoms with Crippen molar-refractivity contribution in [3.8, 4) is 5.75 Å². The topological polar surface area (TPSA) is 76.7 Å². The second-order valence-electron chi connectivity index (χ2n) is 3.14. The van der Waals surface area contributed by atoms with E-state index < -0.39 is 12.0 Å². The van der Waals surface area contributed by atoms with E-state index in [0.717, 1.165) is 3.57 Å². The van der Waals surface area contributed by atoms with E-state index >= 15 is 0 Å². The van der Waals surface area contributed by atoms with Gasteiger partial charge in [0.25, 0.3) is 5.91 Å². The molecule has 18 heavy (non-hydrogen) atoms. The van der Waals surface area contributed by atoms with Crippen molar-refractivity contribution in [3.63, 3.8) is 0 Å². The number of hydrazine groups is 1. The molecule has 1 aromatic rings. The van der Waals surface area contributed by atoms with Crippen LogP contribution in [0.4, 0.5) is 4.79 Å². The predicted octanol–water partition coefficient (Wildman–Crippen LogP) is 1.45. The summed E-state index contributed by atoms with van der Waals surface area (Å²) in [5.74, 6) is 0.114. The number of ether oxygens (including phenoxy) is 2. The molecule has 1 rings (SSSR count). The lowest BCUT2D eigenvalue weighted by Gasteiger charge is -2.08. The van der Waals surface area contributed by atoms with Crippen molar-refractivity contribution in [2.75, 3.05) is 13.2 Å². The van der Waals surface area contributed by atoms with Crippen molar-refractivity contribution in [1.29, 1.82) is 0 Å². The van der Waals surface area contributed by atoms with Gasteiger partial charge in [0, 0.05) is 3.57 Å². The molecule has 0 unspecified atom stereocenters. The van der Waals surface area contributed by atoms with E-state index in [1.807, 2.05) is 12.1 Å². The molecule has 0 saturated heterocycles. The molecular weight excluding hydrogens is 351 g/mol. The molecule has 0 aromatic heterocycles. The molecule has 0 atom stereocenters. The van der Waals surface area contributed by atoms with Gasteiger partial charge in [-0.2, -0.15) is 0 Å². The zero-order valence-corrected chi connectivity index (χ0v) is 11.9. The van der Waals surface area contributed by atoms with Crippen molar-refractivity contribution in [2.24, 2.45) is 0 Å². The Kier molecular flexibility index (Phi) is 6.26. The number of benzene rings is 1. The van der Waals surface area contributed by atoms with Gasteiger partial charge in [-0.1, -0.05) is 0 Å². The Morgan fingerprint density at radius 2 is 1.89 bits per heavy atom. The highest BCUT2D eigenvalue weighted by atomic mass is 127. The van der Waals surface area contributed by atoms with E-state index in [9.17, 15) is 9.59 Å². The molecule has 0 heterocycles. The Balaban J connectivity index is 2.24. The highest BCUT2D eigenvalue weighted by molar-refractivity contribution is 14.1. The third-order valence-electron chi connectivity index (χ3n) is 1.76. The molecule has 98 valence electrons. The van der Waals surface area contributed by atoms with Crippen LogP contribution in [0.1, 0.15) is 6.92 Å².